The summed E-state index contributed by atoms with van der Waals surface area (Å²) in [4.78, 5) is 10.9. The summed E-state index contributed by atoms with van der Waals surface area (Å²) in [6, 6.07) is 3.02. The number of rotatable bonds is 3. The van der Waals surface area contributed by atoms with Crippen LogP contribution >= 0.6 is 11.6 Å². The summed E-state index contributed by atoms with van der Waals surface area (Å²) >= 11 is 5.42. The Morgan fingerprint density at radius 2 is 1.72 bits per heavy atom. The summed E-state index contributed by atoms with van der Waals surface area (Å²) < 4.78 is 74.1. The van der Waals surface area contributed by atoms with Crippen molar-refractivity contribution in [3.63, 3.8) is 0 Å². The maximum atomic E-state index is 13.1. The number of hydrogen-bond donors (Lipinski definition) is 0. The van der Waals surface area contributed by atoms with Gasteiger partial charge in [-0.15, -0.1) is 0 Å². The maximum Gasteiger partial charge on any atom is 0.461 e. The van der Waals surface area contributed by atoms with Crippen LogP contribution in [0.25, 0.3) is 0 Å². The molecule has 1 aromatic carbocycles. The summed E-state index contributed by atoms with van der Waals surface area (Å²) in [6.07, 6.45) is -7.44. The molecule has 0 radical (unpaired) electrons. The number of halogens is 7. The van der Waals surface area contributed by atoms with E-state index in [1.54, 1.807) is 0 Å². The van der Waals surface area contributed by atoms with E-state index < -0.39 is 35.7 Å². The SMILES string of the molecule is O=C(Cc1c(F)cccc1Cl)C(F)(F)C(F)(F)F. The molecule has 0 unspecified atom stereocenters. The van der Waals surface area contributed by atoms with Crippen LogP contribution in [0, 0.1) is 5.82 Å². The summed E-state index contributed by atoms with van der Waals surface area (Å²) in [5, 5.41) is -0.388. The topological polar surface area (TPSA) is 17.1 Å². The molecule has 1 nitrogen and oxygen atoms in total. The summed E-state index contributed by atoms with van der Waals surface area (Å²) in [6.45, 7) is 0. The van der Waals surface area contributed by atoms with Crippen LogP contribution in [-0.2, 0) is 11.2 Å². The number of alkyl halides is 5. The lowest BCUT2D eigenvalue weighted by molar-refractivity contribution is -0.268. The van der Waals surface area contributed by atoms with Crippen LogP contribution in [0.2, 0.25) is 5.02 Å². The van der Waals surface area contributed by atoms with Gasteiger partial charge in [-0.3, -0.25) is 4.79 Å². The first kappa shape index (κ1) is 14.8. The van der Waals surface area contributed by atoms with Crippen molar-refractivity contribution in [3.8, 4) is 0 Å². The monoisotopic (exact) mass is 290 g/mol. The first-order valence-corrected chi connectivity index (χ1v) is 4.86. The van der Waals surface area contributed by atoms with Gasteiger partial charge in [0.2, 0.25) is 5.78 Å². The lowest BCUT2D eigenvalue weighted by Gasteiger charge is -2.18. The van der Waals surface area contributed by atoms with Gasteiger partial charge in [0.15, 0.2) is 0 Å². The third-order valence-corrected chi connectivity index (χ3v) is 2.46. The van der Waals surface area contributed by atoms with Crippen molar-refractivity contribution in [2.45, 2.75) is 18.5 Å². The Kier molecular flexibility index (Phi) is 3.95. The van der Waals surface area contributed by atoms with Crippen molar-refractivity contribution in [3.05, 3.63) is 34.6 Å². The van der Waals surface area contributed by atoms with Crippen molar-refractivity contribution >= 4 is 17.4 Å². The van der Waals surface area contributed by atoms with Gasteiger partial charge in [0, 0.05) is 17.0 Å². The van der Waals surface area contributed by atoms with Crippen LogP contribution in [0.15, 0.2) is 18.2 Å². The molecule has 0 aliphatic heterocycles. The highest BCUT2D eigenvalue weighted by molar-refractivity contribution is 6.31. The van der Waals surface area contributed by atoms with Gasteiger partial charge >= 0.3 is 12.1 Å². The highest BCUT2D eigenvalue weighted by atomic mass is 35.5. The average molecular weight is 291 g/mol. The molecule has 0 spiro atoms. The Balaban J connectivity index is 3.03. The zero-order valence-corrected chi connectivity index (χ0v) is 9.25. The number of benzene rings is 1. The van der Waals surface area contributed by atoms with Crippen LogP contribution in [0.3, 0.4) is 0 Å². The van der Waals surface area contributed by atoms with E-state index in [4.69, 9.17) is 11.6 Å². The summed E-state index contributed by atoms with van der Waals surface area (Å²) in [5.74, 6) is -9.10. The Labute approximate surface area is 102 Å². The van der Waals surface area contributed by atoms with E-state index in [-0.39, 0.29) is 5.02 Å². The molecule has 0 aliphatic rings. The molecule has 8 heteroatoms. The Hall–Kier alpha value is -1.24. The molecule has 1 rings (SSSR count). The number of Topliss-reactive ketones (excluding diaryl/α,β-unsaturated/α-hetero) is 1. The third-order valence-electron chi connectivity index (χ3n) is 2.11. The minimum Gasteiger partial charge on any atom is -0.292 e. The molecule has 0 heterocycles. The van der Waals surface area contributed by atoms with Gasteiger partial charge in [0.1, 0.15) is 5.82 Å². The highest BCUT2D eigenvalue weighted by Gasteiger charge is 2.62. The maximum absolute atomic E-state index is 13.1. The lowest BCUT2D eigenvalue weighted by atomic mass is 10.0. The fourth-order valence-electron chi connectivity index (χ4n) is 1.13. The molecule has 100 valence electrons. The van der Waals surface area contributed by atoms with Crippen molar-refractivity contribution < 1.29 is 31.1 Å². The molecule has 0 saturated heterocycles. The Bertz CT molecular complexity index is 448. The van der Waals surface area contributed by atoms with Crippen LogP contribution in [0.4, 0.5) is 26.3 Å². The molecule has 0 aromatic heterocycles. The van der Waals surface area contributed by atoms with E-state index in [0.29, 0.717) is 0 Å². The third kappa shape index (κ3) is 2.77. The smallest absolute Gasteiger partial charge is 0.292 e. The molecular formula is C10H5ClF6O. The normalized spacial score (nSPS) is 12.6. The van der Waals surface area contributed by atoms with Gasteiger partial charge in [-0.1, -0.05) is 17.7 Å². The fourth-order valence-corrected chi connectivity index (χ4v) is 1.36. The van der Waals surface area contributed by atoms with Crippen molar-refractivity contribution in [1.29, 1.82) is 0 Å². The molecule has 0 fully saturated rings. The van der Waals surface area contributed by atoms with Crippen LogP contribution < -0.4 is 0 Å². The molecule has 0 bridgehead atoms. The van der Waals surface area contributed by atoms with Gasteiger partial charge < -0.3 is 0 Å². The molecule has 0 aliphatic carbocycles. The predicted molar refractivity (Wildman–Crippen MR) is 51.1 cm³/mol. The molecule has 0 atom stereocenters. The number of carbonyl (C=O) groups excluding carboxylic acids is 1. The van der Waals surface area contributed by atoms with E-state index in [2.05, 4.69) is 0 Å². The van der Waals surface area contributed by atoms with E-state index in [1.165, 1.54) is 0 Å². The van der Waals surface area contributed by atoms with Crippen molar-refractivity contribution in [2.24, 2.45) is 0 Å². The van der Waals surface area contributed by atoms with Gasteiger partial charge in [-0.25, -0.2) is 4.39 Å². The van der Waals surface area contributed by atoms with Crippen molar-refractivity contribution in [1.82, 2.24) is 0 Å². The van der Waals surface area contributed by atoms with E-state index in [0.717, 1.165) is 18.2 Å². The number of ketones is 1. The molecule has 0 saturated carbocycles. The van der Waals surface area contributed by atoms with E-state index in [9.17, 15) is 31.1 Å². The van der Waals surface area contributed by atoms with Gasteiger partial charge in [0.25, 0.3) is 0 Å². The molecule has 1 aromatic rings. The molecule has 0 N–H and O–H groups in total. The molecule has 18 heavy (non-hydrogen) atoms. The zero-order valence-electron chi connectivity index (χ0n) is 8.49. The molecular weight excluding hydrogens is 286 g/mol. The van der Waals surface area contributed by atoms with Crippen LogP contribution in [0.1, 0.15) is 5.56 Å². The first-order chi connectivity index (χ1) is 8.07. The molecule has 0 amide bonds. The minimum atomic E-state index is -6.01. The minimum absolute atomic E-state index is 0.388. The van der Waals surface area contributed by atoms with Crippen molar-refractivity contribution in [2.75, 3.05) is 0 Å². The van der Waals surface area contributed by atoms with E-state index >= 15 is 0 Å². The van der Waals surface area contributed by atoms with E-state index in [1.807, 2.05) is 0 Å². The van der Waals surface area contributed by atoms with Gasteiger partial charge in [-0.05, 0) is 12.1 Å². The average Bonchev–Trinajstić information content (AvgIpc) is 2.21. The van der Waals surface area contributed by atoms with Crippen LogP contribution in [0.5, 0.6) is 0 Å². The Morgan fingerprint density at radius 1 is 1.17 bits per heavy atom. The fraction of sp³-hybridized carbons (Fsp3) is 0.300. The Morgan fingerprint density at radius 3 is 2.17 bits per heavy atom. The van der Waals surface area contributed by atoms with Gasteiger partial charge in [-0.2, -0.15) is 22.0 Å². The second-order valence-corrected chi connectivity index (χ2v) is 3.78. The predicted octanol–water partition coefficient (Wildman–Crippen LogP) is 3.79. The zero-order chi connectivity index (χ0) is 14.1. The summed E-state index contributed by atoms with van der Waals surface area (Å²) in [7, 11) is 0. The largest absolute Gasteiger partial charge is 0.461 e. The number of carbonyl (C=O) groups is 1. The first-order valence-electron chi connectivity index (χ1n) is 4.48. The number of hydrogen-bond acceptors (Lipinski definition) is 1. The second-order valence-electron chi connectivity index (χ2n) is 3.37. The second kappa shape index (κ2) is 4.79. The quantitative estimate of drug-likeness (QED) is 0.774. The van der Waals surface area contributed by atoms with Gasteiger partial charge in [0.05, 0.1) is 0 Å². The standard InChI is InChI=1S/C10H5ClF6O/c11-6-2-1-3-7(12)5(6)4-8(18)9(13,14)10(15,16)17/h1-3H,4H2. The van der Waals surface area contributed by atoms with Crippen LogP contribution in [-0.4, -0.2) is 17.9 Å². The highest BCUT2D eigenvalue weighted by Crippen LogP contribution is 2.37. The summed E-state index contributed by atoms with van der Waals surface area (Å²) in [5.41, 5.74) is -0.687. The lowest BCUT2D eigenvalue weighted by Crippen LogP contribution is -2.45.